The van der Waals surface area contributed by atoms with E-state index >= 15 is 0 Å². The summed E-state index contributed by atoms with van der Waals surface area (Å²) in [5, 5.41) is 5.40. The predicted octanol–water partition coefficient (Wildman–Crippen LogP) is 7.09. The van der Waals surface area contributed by atoms with Gasteiger partial charge in [0.1, 0.15) is 5.82 Å². The molecule has 5 nitrogen and oxygen atoms in total. The molecule has 0 aliphatic rings. The zero-order chi connectivity index (χ0) is 23.8. The lowest BCUT2D eigenvalue weighted by Gasteiger charge is -2.07. The number of aromatic amines is 1. The Kier molecular flexibility index (Phi) is 5.47. The van der Waals surface area contributed by atoms with Crippen molar-refractivity contribution in [1.29, 1.82) is 0 Å². The second-order valence-corrected chi connectivity index (χ2v) is 9.48. The third-order valence-corrected chi connectivity index (χ3v) is 7.05. The monoisotopic (exact) mass is 480 g/mol. The van der Waals surface area contributed by atoms with Crippen molar-refractivity contribution >= 4 is 54.4 Å². The van der Waals surface area contributed by atoms with Crippen LogP contribution in [0.15, 0.2) is 78.9 Å². The Hall–Kier alpha value is -4.10. The Balaban J connectivity index is 1.25. The summed E-state index contributed by atoms with van der Waals surface area (Å²) in [6, 6.07) is 24.5. The van der Waals surface area contributed by atoms with E-state index in [1.807, 2.05) is 60.7 Å². The van der Waals surface area contributed by atoms with Crippen molar-refractivity contribution in [3.05, 3.63) is 90.2 Å². The van der Waals surface area contributed by atoms with E-state index in [0.29, 0.717) is 24.4 Å². The summed E-state index contributed by atoms with van der Waals surface area (Å²) in [7, 11) is 0. The van der Waals surface area contributed by atoms with E-state index in [9.17, 15) is 9.18 Å². The number of carbonyl (C=O) groups is 1. The smallest absolute Gasteiger partial charge is 0.226 e. The van der Waals surface area contributed by atoms with Gasteiger partial charge in [-0.25, -0.2) is 14.4 Å². The van der Waals surface area contributed by atoms with Crippen molar-refractivity contribution in [1.82, 2.24) is 15.0 Å². The first kappa shape index (κ1) is 21.4. The van der Waals surface area contributed by atoms with Gasteiger partial charge in [0, 0.05) is 22.7 Å². The van der Waals surface area contributed by atoms with E-state index < -0.39 is 0 Å². The predicted molar refractivity (Wildman–Crippen MR) is 140 cm³/mol. The summed E-state index contributed by atoms with van der Waals surface area (Å²) < 4.78 is 15.2. The first-order chi connectivity index (χ1) is 17.1. The normalized spacial score (nSPS) is 11.5. The number of aryl methyl sites for hydroxylation is 1. The Morgan fingerprint density at radius 2 is 1.77 bits per heavy atom. The lowest BCUT2D eigenvalue weighted by molar-refractivity contribution is -0.116. The fraction of sp³-hybridized carbons (Fsp3) is 0.107. The highest BCUT2D eigenvalue weighted by Crippen LogP contribution is 2.32. The van der Waals surface area contributed by atoms with Crippen LogP contribution < -0.4 is 5.32 Å². The van der Waals surface area contributed by atoms with Gasteiger partial charge in [0.25, 0.3) is 0 Å². The lowest BCUT2D eigenvalue weighted by atomic mass is 10.0. The molecule has 0 radical (unpaired) electrons. The maximum atomic E-state index is 14.1. The Morgan fingerprint density at radius 1 is 0.943 bits per heavy atom. The van der Waals surface area contributed by atoms with Crippen LogP contribution in [0.3, 0.4) is 0 Å². The van der Waals surface area contributed by atoms with Gasteiger partial charge in [-0.1, -0.05) is 47.7 Å². The van der Waals surface area contributed by atoms with E-state index in [1.165, 1.54) is 17.4 Å². The molecule has 2 N–H and O–H groups in total. The average molecular weight is 481 g/mol. The molecule has 0 saturated carbocycles. The standard InChI is InChI=1S/C28H21FN4OS/c29-18-13-15-22-20(16-18)19(27(31-22)24-14-12-17-6-1-2-8-21(17)30-24)7-5-11-26(34)33-28-32-23-9-3-4-10-25(23)35-28/h1-4,6,8-10,12-16,31H,5,7,11H2,(H,32,33,34). The maximum absolute atomic E-state index is 14.1. The fourth-order valence-corrected chi connectivity index (χ4v) is 5.32. The SMILES string of the molecule is O=C(CCCc1c(-c2ccc3ccccc3n2)[nH]c2ccc(F)cc12)Nc1nc2ccccc2s1. The van der Waals surface area contributed by atoms with Gasteiger partial charge >= 0.3 is 0 Å². The zero-order valence-electron chi connectivity index (χ0n) is 18.7. The summed E-state index contributed by atoms with van der Waals surface area (Å²) >= 11 is 1.46. The third-order valence-electron chi connectivity index (χ3n) is 6.09. The largest absolute Gasteiger partial charge is 0.353 e. The number of nitrogens with one attached hydrogen (secondary N) is 2. The van der Waals surface area contributed by atoms with Crippen molar-refractivity contribution in [2.75, 3.05) is 5.32 Å². The van der Waals surface area contributed by atoms with E-state index in [0.717, 1.165) is 49.0 Å². The number of aromatic nitrogens is 3. The molecule has 3 heterocycles. The molecule has 7 heteroatoms. The molecule has 0 atom stereocenters. The summed E-state index contributed by atoms with van der Waals surface area (Å²) in [5.41, 5.74) is 5.26. The first-order valence-corrected chi connectivity index (χ1v) is 12.3. The molecule has 0 spiro atoms. The van der Waals surface area contributed by atoms with Gasteiger partial charge in [0.15, 0.2) is 5.13 Å². The zero-order valence-corrected chi connectivity index (χ0v) is 19.5. The molecule has 172 valence electrons. The molecule has 0 fully saturated rings. The van der Waals surface area contributed by atoms with E-state index in [4.69, 9.17) is 4.98 Å². The van der Waals surface area contributed by atoms with Gasteiger partial charge in [-0.3, -0.25) is 4.79 Å². The minimum Gasteiger partial charge on any atom is -0.353 e. The molecule has 0 unspecified atom stereocenters. The third kappa shape index (κ3) is 4.26. The molecule has 35 heavy (non-hydrogen) atoms. The quantitative estimate of drug-likeness (QED) is 0.267. The fourth-order valence-electron chi connectivity index (χ4n) is 4.44. The number of anilines is 1. The second kappa shape index (κ2) is 8.92. The van der Waals surface area contributed by atoms with Crippen LogP contribution >= 0.6 is 11.3 Å². The van der Waals surface area contributed by atoms with Crippen molar-refractivity contribution in [3.63, 3.8) is 0 Å². The second-order valence-electron chi connectivity index (χ2n) is 8.45. The van der Waals surface area contributed by atoms with Crippen molar-refractivity contribution < 1.29 is 9.18 Å². The van der Waals surface area contributed by atoms with Crippen LogP contribution in [0.25, 0.3) is 43.4 Å². The molecule has 0 saturated heterocycles. The number of H-pyrrole nitrogens is 1. The Bertz CT molecular complexity index is 1670. The number of rotatable bonds is 6. The first-order valence-electron chi connectivity index (χ1n) is 11.5. The summed E-state index contributed by atoms with van der Waals surface area (Å²) in [6.45, 7) is 0. The molecule has 0 aliphatic heterocycles. The highest BCUT2D eigenvalue weighted by Gasteiger charge is 2.16. The molecule has 3 aromatic carbocycles. The minimum atomic E-state index is -0.288. The van der Waals surface area contributed by atoms with Crippen LogP contribution in [0, 0.1) is 5.82 Å². The number of carbonyl (C=O) groups excluding carboxylic acids is 1. The average Bonchev–Trinajstić information content (AvgIpc) is 3.44. The number of thiazole rings is 1. The van der Waals surface area contributed by atoms with Gasteiger partial charge in [-0.15, -0.1) is 0 Å². The number of para-hydroxylation sites is 2. The number of pyridine rings is 1. The summed E-state index contributed by atoms with van der Waals surface area (Å²) in [6.07, 6.45) is 1.56. The number of fused-ring (bicyclic) bond motifs is 3. The van der Waals surface area contributed by atoms with Gasteiger partial charge in [-0.2, -0.15) is 0 Å². The van der Waals surface area contributed by atoms with Gasteiger partial charge in [0.05, 0.1) is 27.1 Å². The van der Waals surface area contributed by atoms with Crippen LogP contribution in [0.5, 0.6) is 0 Å². The Labute approximate surface area is 204 Å². The van der Waals surface area contributed by atoms with Crippen LogP contribution in [-0.2, 0) is 11.2 Å². The van der Waals surface area contributed by atoms with Gasteiger partial charge in [0.2, 0.25) is 5.91 Å². The number of nitrogens with zero attached hydrogens (tertiary/aromatic N) is 2. The molecule has 0 bridgehead atoms. The molecule has 6 aromatic rings. The molecule has 3 aromatic heterocycles. The number of hydrogen-bond donors (Lipinski definition) is 2. The Morgan fingerprint density at radius 3 is 2.66 bits per heavy atom. The van der Waals surface area contributed by atoms with Crippen molar-refractivity contribution in [2.45, 2.75) is 19.3 Å². The van der Waals surface area contributed by atoms with Crippen LogP contribution in [-0.4, -0.2) is 20.9 Å². The summed E-state index contributed by atoms with van der Waals surface area (Å²) in [5.74, 6) is -0.371. The number of amides is 1. The topological polar surface area (TPSA) is 70.7 Å². The maximum Gasteiger partial charge on any atom is 0.226 e. The van der Waals surface area contributed by atoms with Crippen LogP contribution in [0.2, 0.25) is 0 Å². The molecule has 1 amide bonds. The minimum absolute atomic E-state index is 0.0829. The van der Waals surface area contributed by atoms with E-state index in [-0.39, 0.29) is 11.7 Å². The number of hydrogen-bond acceptors (Lipinski definition) is 4. The summed E-state index contributed by atoms with van der Waals surface area (Å²) in [4.78, 5) is 25.3. The number of halogens is 1. The highest BCUT2D eigenvalue weighted by atomic mass is 32.1. The lowest BCUT2D eigenvalue weighted by Crippen LogP contribution is -2.11. The van der Waals surface area contributed by atoms with Gasteiger partial charge in [-0.05, 0) is 60.9 Å². The molecule has 6 rings (SSSR count). The van der Waals surface area contributed by atoms with E-state index in [2.05, 4.69) is 15.3 Å². The van der Waals surface area contributed by atoms with Crippen LogP contribution in [0.1, 0.15) is 18.4 Å². The van der Waals surface area contributed by atoms with Crippen LogP contribution in [0.4, 0.5) is 9.52 Å². The number of benzene rings is 3. The highest BCUT2D eigenvalue weighted by molar-refractivity contribution is 7.22. The molecule has 0 aliphatic carbocycles. The van der Waals surface area contributed by atoms with E-state index in [1.54, 1.807) is 12.1 Å². The van der Waals surface area contributed by atoms with Crippen molar-refractivity contribution in [2.24, 2.45) is 0 Å². The molecular weight excluding hydrogens is 459 g/mol. The van der Waals surface area contributed by atoms with Crippen molar-refractivity contribution in [3.8, 4) is 11.4 Å². The van der Waals surface area contributed by atoms with Gasteiger partial charge < -0.3 is 10.3 Å². The molecular formula is C28H21FN4OS.